The van der Waals surface area contributed by atoms with Crippen LogP contribution in [0.25, 0.3) is 0 Å². The number of hydrogen-bond donors (Lipinski definition) is 1. The second-order valence-corrected chi connectivity index (χ2v) is 9.41. The van der Waals surface area contributed by atoms with Gasteiger partial charge in [0, 0.05) is 30.2 Å². The summed E-state index contributed by atoms with van der Waals surface area (Å²) >= 11 is 6.26. The van der Waals surface area contributed by atoms with Crippen LogP contribution in [0.4, 0.5) is 13.2 Å². The van der Waals surface area contributed by atoms with Gasteiger partial charge in [-0.15, -0.1) is 12.4 Å². The average molecular weight is 499 g/mol. The molecule has 31 heavy (non-hydrogen) atoms. The third-order valence-electron chi connectivity index (χ3n) is 4.78. The van der Waals surface area contributed by atoms with Gasteiger partial charge in [0.25, 0.3) is 0 Å². The summed E-state index contributed by atoms with van der Waals surface area (Å²) in [6, 6.07) is 10.9. The Morgan fingerprint density at radius 3 is 2.42 bits per heavy atom. The molecule has 0 amide bonds. The molecule has 5 nitrogen and oxygen atoms in total. The Balaban J connectivity index is 0.00000341. The molecule has 0 radical (unpaired) electrons. The highest BCUT2D eigenvalue weighted by Gasteiger charge is 2.42. The van der Waals surface area contributed by atoms with Crippen molar-refractivity contribution < 1.29 is 26.3 Å². The number of nitrogens with one attached hydrogen (secondary N) is 1. The van der Waals surface area contributed by atoms with E-state index in [0.29, 0.717) is 37.5 Å². The number of rotatable bonds is 6. The number of morpholine rings is 1. The molecule has 1 aliphatic rings. The van der Waals surface area contributed by atoms with Crippen LogP contribution in [0.15, 0.2) is 48.5 Å². The molecule has 2 atom stereocenters. The lowest BCUT2D eigenvalue weighted by molar-refractivity contribution is -0.153. The average Bonchev–Trinajstić information content (AvgIpc) is 2.66. The molecule has 1 N–H and O–H groups in total. The van der Waals surface area contributed by atoms with Crippen molar-refractivity contribution in [3.8, 4) is 0 Å². The van der Waals surface area contributed by atoms with Gasteiger partial charge in [0.15, 0.2) is 0 Å². The van der Waals surface area contributed by atoms with Crippen LogP contribution < -0.4 is 4.72 Å². The molecule has 2 aromatic rings. The molecule has 0 saturated carbocycles. The summed E-state index contributed by atoms with van der Waals surface area (Å²) in [5.74, 6) is 0. The zero-order valence-corrected chi connectivity index (χ0v) is 19.0. The lowest BCUT2D eigenvalue weighted by Crippen LogP contribution is -2.38. The standard InChI is InChI=1S/C20H22ClF3N2O3S.ClH/c1-30(27,28)25-19(20(22,23)24)15-8-6-14(7-9-15)12-26-10-11-29-18(13-26)16-4-2-3-5-17(16)21;/h2-9,18-19,25H,10-13H2,1H3;1H/t18?,19-;/m0./s1. The van der Waals surface area contributed by atoms with Crippen LogP contribution in [-0.2, 0) is 21.3 Å². The van der Waals surface area contributed by atoms with E-state index in [1.807, 2.05) is 18.2 Å². The summed E-state index contributed by atoms with van der Waals surface area (Å²) in [7, 11) is -4.03. The molecule has 0 bridgehead atoms. The van der Waals surface area contributed by atoms with Crippen LogP contribution >= 0.6 is 24.0 Å². The largest absolute Gasteiger partial charge is 0.408 e. The second-order valence-electron chi connectivity index (χ2n) is 7.22. The van der Waals surface area contributed by atoms with E-state index in [4.69, 9.17) is 16.3 Å². The van der Waals surface area contributed by atoms with Crippen molar-refractivity contribution in [2.45, 2.75) is 24.9 Å². The van der Waals surface area contributed by atoms with Crippen LogP contribution in [0, 0.1) is 0 Å². The Bertz CT molecular complexity index is 972. The molecule has 2 aromatic carbocycles. The van der Waals surface area contributed by atoms with Crippen LogP contribution in [0.5, 0.6) is 0 Å². The van der Waals surface area contributed by atoms with Gasteiger partial charge in [-0.3, -0.25) is 4.90 Å². The van der Waals surface area contributed by atoms with E-state index >= 15 is 0 Å². The van der Waals surface area contributed by atoms with E-state index < -0.39 is 22.2 Å². The number of halogens is 5. The van der Waals surface area contributed by atoms with Gasteiger partial charge in [-0.05, 0) is 17.2 Å². The second kappa shape index (κ2) is 10.5. The first kappa shape index (κ1) is 25.9. The van der Waals surface area contributed by atoms with E-state index in [1.54, 1.807) is 22.9 Å². The predicted molar refractivity (Wildman–Crippen MR) is 116 cm³/mol. The zero-order valence-electron chi connectivity index (χ0n) is 16.6. The Hall–Kier alpha value is -1.36. The van der Waals surface area contributed by atoms with Gasteiger partial charge in [0.2, 0.25) is 10.0 Å². The van der Waals surface area contributed by atoms with Crippen molar-refractivity contribution in [1.29, 1.82) is 0 Å². The highest BCUT2D eigenvalue weighted by Crippen LogP contribution is 2.33. The molecule has 1 fully saturated rings. The maximum Gasteiger partial charge on any atom is 0.408 e. The molecule has 1 aliphatic heterocycles. The number of benzene rings is 2. The number of sulfonamides is 1. The molecule has 0 aromatic heterocycles. The maximum atomic E-state index is 13.3. The number of nitrogens with zero attached hydrogens (tertiary/aromatic N) is 1. The summed E-state index contributed by atoms with van der Waals surface area (Å²) in [4.78, 5) is 2.14. The molecule has 1 saturated heterocycles. The minimum absolute atomic E-state index is 0. The summed E-state index contributed by atoms with van der Waals surface area (Å²) in [6.45, 7) is 2.33. The van der Waals surface area contributed by atoms with Crippen LogP contribution in [-0.4, -0.2) is 45.4 Å². The first-order valence-corrected chi connectivity index (χ1v) is 11.5. The fraction of sp³-hybridized carbons (Fsp3) is 0.400. The molecule has 0 spiro atoms. The van der Waals surface area contributed by atoms with Crippen molar-refractivity contribution in [3.05, 3.63) is 70.2 Å². The Morgan fingerprint density at radius 1 is 1.19 bits per heavy atom. The van der Waals surface area contributed by atoms with E-state index in [0.717, 1.165) is 11.1 Å². The van der Waals surface area contributed by atoms with E-state index in [-0.39, 0.29) is 24.1 Å². The summed E-state index contributed by atoms with van der Waals surface area (Å²) in [6.07, 6.45) is -4.22. The highest BCUT2D eigenvalue weighted by atomic mass is 35.5. The summed E-state index contributed by atoms with van der Waals surface area (Å²) < 4.78 is 70.0. The molecule has 3 rings (SSSR count). The van der Waals surface area contributed by atoms with Gasteiger partial charge in [0.1, 0.15) is 6.04 Å². The smallest absolute Gasteiger partial charge is 0.371 e. The van der Waals surface area contributed by atoms with Crippen molar-refractivity contribution >= 4 is 34.0 Å². The van der Waals surface area contributed by atoms with Crippen molar-refractivity contribution in [3.63, 3.8) is 0 Å². The summed E-state index contributed by atoms with van der Waals surface area (Å²) in [5.41, 5.74) is 1.56. The van der Waals surface area contributed by atoms with Gasteiger partial charge in [-0.25, -0.2) is 8.42 Å². The van der Waals surface area contributed by atoms with E-state index in [9.17, 15) is 21.6 Å². The quantitative estimate of drug-likeness (QED) is 0.637. The first-order valence-electron chi connectivity index (χ1n) is 9.24. The Kier molecular flexibility index (Phi) is 8.77. The third-order valence-corrected chi connectivity index (χ3v) is 5.79. The maximum absolute atomic E-state index is 13.3. The fourth-order valence-corrected chi connectivity index (χ4v) is 4.34. The van der Waals surface area contributed by atoms with Crippen LogP contribution in [0.1, 0.15) is 28.8 Å². The minimum Gasteiger partial charge on any atom is -0.371 e. The number of alkyl halides is 3. The topological polar surface area (TPSA) is 58.6 Å². The molecular formula is C20H23Cl2F3N2O3S. The van der Waals surface area contributed by atoms with Crippen molar-refractivity contribution in [2.75, 3.05) is 26.0 Å². The van der Waals surface area contributed by atoms with Gasteiger partial charge in [-0.1, -0.05) is 54.1 Å². The van der Waals surface area contributed by atoms with Crippen LogP contribution in [0.2, 0.25) is 5.02 Å². The molecule has 1 unspecified atom stereocenters. The van der Waals surface area contributed by atoms with Gasteiger partial charge < -0.3 is 4.74 Å². The van der Waals surface area contributed by atoms with Crippen molar-refractivity contribution in [2.24, 2.45) is 0 Å². The first-order chi connectivity index (χ1) is 14.0. The Morgan fingerprint density at radius 2 is 1.84 bits per heavy atom. The van der Waals surface area contributed by atoms with E-state index in [2.05, 4.69) is 4.90 Å². The minimum atomic E-state index is -4.74. The fourth-order valence-electron chi connectivity index (χ4n) is 3.38. The lowest BCUT2D eigenvalue weighted by Gasteiger charge is -2.33. The molecule has 172 valence electrons. The normalized spacial score (nSPS) is 18.9. The van der Waals surface area contributed by atoms with Crippen LogP contribution in [0.3, 0.4) is 0 Å². The SMILES string of the molecule is CS(=O)(=O)N[C@@H](c1ccc(CN2CCOC(c3ccccc3Cl)C2)cc1)C(F)(F)F.Cl. The Labute approximate surface area is 191 Å². The third kappa shape index (κ3) is 7.34. The molecule has 0 aliphatic carbocycles. The summed E-state index contributed by atoms with van der Waals surface area (Å²) in [5, 5.41) is 0.630. The molecular weight excluding hydrogens is 476 g/mol. The zero-order chi connectivity index (χ0) is 21.9. The van der Waals surface area contributed by atoms with Crippen molar-refractivity contribution in [1.82, 2.24) is 9.62 Å². The highest BCUT2D eigenvalue weighted by molar-refractivity contribution is 7.88. The molecule has 11 heteroatoms. The van der Waals surface area contributed by atoms with Gasteiger partial charge in [-0.2, -0.15) is 17.9 Å². The number of hydrogen-bond acceptors (Lipinski definition) is 4. The number of ether oxygens (including phenoxy) is 1. The molecule has 1 heterocycles. The van der Waals surface area contributed by atoms with Gasteiger partial charge >= 0.3 is 6.18 Å². The van der Waals surface area contributed by atoms with E-state index in [1.165, 1.54) is 12.1 Å². The van der Waals surface area contributed by atoms with Gasteiger partial charge in [0.05, 0.1) is 19.0 Å². The predicted octanol–water partition coefficient (Wildman–Crippen LogP) is 4.49. The lowest BCUT2D eigenvalue weighted by atomic mass is 10.0. The monoisotopic (exact) mass is 498 g/mol.